The summed E-state index contributed by atoms with van der Waals surface area (Å²) in [7, 11) is 0. The van der Waals surface area contributed by atoms with Crippen LogP contribution in [-0.2, 0) is 4.79 Å². The first kappa shape index (κ1) is 11.4. The van der Waals surface area contributed by atoms with Gasteiger partial charge >= 0.3 is 0 Å². The summed E-state index contributed by atoms with van der Waals surface area (Å²) in [6.45, 7) is 0.403. The summed E-state index contributed by atoms with van der Waals surface area (Å²) in [5, 5.41) is 0. The van der Waals surface area contributed by atoms with Crippen molar-refractivity contribution in [1.82, 2.24) is 4.98 Å². The van der Waals surface area contributed by atoms with Crippen LogP contribution in [-0.4, -0.2) is 17.4 Å². The number of nitrogens with zero attached hydrogens (tertiary/aromatic N) is 1. The second kappa shape index (κ2) is 4.24. The van der Waals surface area contributed by atoms with E-state index in [0.29, 0.717) is 0 Å². The fourth-order valence-electron chi connectivity index (χ4n) is 0.769. The maximum Gasteiger partial charge on any atom is 0.255 e. The molecule has 1 aromatic rings. The van der Waals surface area contributed by atoms with Crippen molar-refractivity contribution in [2.75, 3.05) is 6.61 Å². The van der Waals surface area contributed by atoms with Gasteiger partial charge in [0, 0.05) is 0 Å². The molecule has 0 aliphatic heterocycles. The molecule has 0 aromatic carbocycles. The molecule has 1 aromatic heterocycles. The zero-order valence-electron chi connectivity index (χ0n) is 7.48. The van der Waals surface area contributed by atoms with E-state index in [4.69, 9.17) is 0 Å². The summed E-state index contributed by atoms with van der Waals surface area (Å²) in [5.74, 6) is -9.02. The molecule has 3 nitrogen and oxygen atoms in total. The predicted molar refractivity (Wildman–Crippen MR) is 40.2 cm³/mol. The molecule has 15 heavy (non-hydrogen) atoms. The first-order valence-electron chi connectivity index (χ1n) is 3.75. The van der Waals surface area contributed by atoms with Gasteiger partial charge in [0.25, 0.3) is 11.9 Å². The van der Waals surface area contributed by atoms with Crippen molar-refractivity contribution < 1.29 is 27.1 Å². The molecule has 0 radical (unpaired) electrons. The Kier molecular flexibility index (Phi) is 3.23. The van der Waals surface area contributed by atoms with E-state index in [2.05, 4.69) is 9.72 Å². The first-order chi connectivity index (χ1) is 6.93. The lowest BCUT2D eigenvalue weighted by molar-refractivity contribution is -0.119. The SMILES string of the molecule is CC(=O)COc1c(F)c(F)nc(F)c1F. The van der Waals surface area contributed by atoms with Gasteiger partial charge in [-0.3, -0.25) is 4.79 Å². The number of halogens is 4. The van der Waals surface area contributed by atoms with E-state index >= 15 is 0 Å². The second-order valence-corrected chi connectivity index (χ2v) is 2.64. The molecule has 0 bridgehead atoms. The van der Waals surface area contributed by atoms with Crippen molar-refractivity contribution in [3.8, 4) is 5.75 Å². The van der Waals surface area contributed by atoms with E-state index < -0.39 is 41.7 Å². The zero-order chi connectivity index (χ0) is 11.6. The van der Waals surface area contributed by atoms with Gasteiger partial charge in [-0.1, -0.05) is 0 Å². The number of aromatic nitrogens is 1. The minimum Gasteiger partial charge on any atom is -0.479 e. The van der Waals surface area contributed by atoms with E-state index in [1.165, 1.54) is 0 Å². The van der Waals surface area contributed by atoms with Crippen molar-refractivity contribution in [3.63, 3.8) is 0 Å². The number of hydrogen-bond donors (Lipinski definition) is 0. The molecule has 0 aliphatic carbocycles. The maximum atomic E-state index is 12.8. The van der Waals surface area contributed by atoms with E-state index in [1.807, 2.05) is 0 Å². The lowest BCUT2D eigenvalue weighted by Crippen LogP contribution is -2.11. The molecule has 0 unspecified atom stereocenters. The summed E-state index contributed by atoms with van der Waals surface area (Å²) in [6, 6.07) is 0. The molecule has 0 saturated heterocycles. The van der Waals surface area contributed by atoms with Crippen LogP contribution in [0.25, 0.3) is 0 Å². The highest BCUT2D eigenvalue weighted by Crippen LogP contribution is 2.24. The van der Waals surface area contributed by atoms with Gasteiger partial charge in [-0.15, -0.1) is 0 Å². The molecular weight excluding hydrogens is 218 g/mol. The fraction of sp³-hybridized carbons (Fsp3) is 0.250. The number of carbonyl (C=O) groups is 1. The molecular formula is C8H5F4NO2. The lowest BCUT2D eigenvalue weighted by atomic mass is 10.4. The van der Waals surface area contributed by atoms with Crippen LogP contribution in [0.2, 0.25) is 0 Å². The van der Waals surface area contributed by atoms with Crippen molar-refractivity contribution in [3.05, 3.63) is 23.5 Å². The Balaban J connectivity index is 3.09. The summed E-state index contributed by atoms with van der Waals surface area (Å²) >= 11 is 0. The van der Waals surface area contributed by atoms with Crippen molar-refractivity contribution in [2.24, 2.45) is 0 Å². The van der Waals surface area contributed by atoms with E-state index in [0.717, 1.165) is 6.92 Å². The highest BCUT2D eigenvalue weighted by Gasteiger charge is 2.22. The van der Waals surface area contributed by atoms with Gasteiger partial charge in [0.2, 0.25) is 17.4 Å². The number of hydrogen-bond acceptors (Lipinski definition) is 3. The van der Waals surface area contributed by atoms with Crippen LogP contribution in [0, 0.1) is 23.5 Å². The third-order valence-corrected chi connectivity index (χ3v) is 1.38. The van der Waals surface area contributed by atoms with Gasteiger partial charge in [-0.25, -0.2) is 0 Å². The van der Waals surface area contributed by atoms with Crippen LogP contribution >= 0.6 is 0 Å². The second-order valence-electron chi connectivity index (χ2n) is 2.64. The minimum absolute atomic E-state index is 0.550. The van der Waals surface area contributed by atoms with Crippen LogP contribution in [0.1, 0.15) is 6.92 Å². The number of rotatable bonds is 3. The number of carbonyl (C=O) groups excluding carboxylic acids is 1. The minimum atomic E-state index is -1.83. The molecule has 1 heterocycles. The Bertz CT molecular complexity index is 382. The molecule has 0 fully saturated rings. The largest absolute Gasteiger partial charge is 0.479 e. The molecule has 0 atom stereocenters. The number of ketones is 1. The van der Waals surface area contributed by atoms with Crippen LogP contribution in [0.4, 0.5) is 17.6 Å². The Morgan fingerprint density at radius 2 is 1.67 bits per heavy atom. The van der Waals surface area contributed by atoms with Crippen LogP contribution in [0.15, 0.2) is 0 Å². The Morgan fingerprint density at radius 1 is 1.20 bits per heavy atom. The normalized spacial score (nSPS) is 10.2. The molecule has 0 spiro atoms. The van der Waals surface area contributed by atoms with E-state index in [9.17, 15) is 22.4 Å². The van der Waals surface area contributed by atoms with Gasteiger partial charge in [-0.2, -0.15) is 22.5 Å². The van der Waals surface area contributed by atoms with Crippen LogP contribution < -0.4 is 4.74 Å². The average molecular weight is 223 g/mol. The molecule has 0 amide bonds. The van der Waals surface area contributed by atoms with E-state index in [1.54, 1.807) is 0 Å². The van der Waals surface area contributed by atoms with Crippen LogP contribution in [0.3, 0.4) is 0 Å². The van der Waals surface area contributed by atoms with Crippen molar-refractivity contribution >= 4 is 5.78 Å². The monoisotopic (exact) mass is 223 g/mol. The van der Waals surface area contributed by atoms with Crippen LogP contribution in [0.5, 0.6) is 5.75 Å². The van der Waals surface area contributed by atoms with Gasteiger partial charge in [-0.05, 0) is 6.92 Å². The van der Waals surface area contributed by atoms with Gasteiger partial charge in [0.1, 0.15) is 6.61 Å². The lowest BCUT2D eigenvalue weighted by Gasteiger charge is -2.06. The predicted octanol–water partition coefficient (Wildman–Crippen LogP) is 1.61. The van der Waals surface area contributed by atoms with Gasteiger partial charge in [0.05, 0.1) is 0 Å². The highest BCUT2D eigenvalue weighted by molar-refractivity contribution is 5.77. The fourth-order valence-corrected chi connectivity index (χ4v) is 0.769. The number of Topliss-reactive ketones (excluding diaryl/α,β-unsaturated/α-hetero) is 1. The summed E-state index contributed by atoms with van der Waals surface area (Å²) in [5.41, 5.74) is 0. The van der Waals surface area contributed by atoms with E-state index in [-0.39, 0.29) is 0 Å². The van der Waals surface area contributed by atoms with Crippen molar-refractivity contribution in [1.29, 1.82) is 0 Å². The standard InChI is InChI=1S/C8H5F4NO2/c1-3(14)2-15-6-4(9)7(11)13-8(12)5(6)10/h2H2,1H3. The van der Waals surface area contributed by atoms with Gasteiger partial charge < -0.3 is 4.74 Å². The third-order valence-electron chi connectivity index (χ3n) is 1.38. The Morgan fingerprint density at radius 3 is 2.07 bits per heavy atom. The Labute approximate surface area is 81.7 Å². The smallest absolute Gasteiger partial charge is 0.255 e. The average Bonchev–Trinajstić information content (AvgIpc) is 2.14. The molecule has 7 heteroatoms. The number of ether oxygens (including phenoxy) is 1. The van der Waals surface area contributed by atoms with Crippen molar-refractivity contribution in [2.45, 2.75) is 6.92 Å². The highest BCUT2D eigenvalue weighted by atomic mass is 19.2. The molecule has 1 rings (SSSR count). The summed E-state index contributed by atoms with van der Waals surface area (Å²) in [4.78, 5) is 12.7. The summed E-state index contributed by atoms with van der Waals surface area (Å²) < 4.78 is 54.9. The number of pyridine rings is 1. The Hall–Kier alpha value is -1.66. The topological polar surface area (TPSA) is 39.2 Å². The molecule has 0 saturated carbocycles. The maximum absolute atomic E-state index is 12.8. The first-order valence-corrected chi connectivity index (χ1v) is 3.75. The molecule has 0 aliphatic rings. The zero-order valence-corrected chi connectivity index (χ0v) is 7.48. The quantitative estimate of drug-likeness (QED) is 0.577. The molecule has 0 N–H and O–H groups in total. The van der Waals surface area contributed by atoms with Gasteiger partial charge in [0.15, 0.2) is 5.78 Å². The summed E-state index contributed by atoms with van der Waals surface area (Å²) in [6.07, 6.45) is 0. The third kappa shape index (κ3) is 2.42. The molecule has 82 valence electrons.